The fraction of sp³-hybridized carbons (Fsp3) is 0.345. The van der Waals surface area contributed by atoms with Gasteiger partial charge < -0.3 is 24.3 Å². The van der Waals surface area contributed by atoms with Gasteiger partial charge in [-0.2, -0.15) is 0 Å². The lowest BCUT2D eigenvalue weighted by Crippen LogP contribution is -2.45. The van der Waals surface area contributed by atoms with Gasteiger partial charge in [-0.25, -0.2) is 9.59 Å². The molecule has 2 aromatic carbocycles. The van der Waals surface area contributed by atoms with Crippen LogP contribution in [0.4, 0.5) is 16.2 Å². The number of rotatable bonds is 4. The summed E-state index contributed by atoms with van der Waals surface area (Å²) in [4.78, 5) is 48.6. The number of alkyl halides is 3. The van der Waals surface area contributed by atoms with E-state index in [2.05, 4.69) is 9.97 Å². The third-order valence-electron chi connectivity index (χ3n) is 7.75. The van der Waals surface area contributed by atoms with Crippen LogP contribution in [0.2, 0.25) is 0 Å². The first kappa shape index (κ1) is 27.8. The lowest BCUT2D eigenvalue weighted by molar-refractivity contribution is 0.0469. The van der Waals surface area contributed by atoms with Crippen molar-refractivity contribution in [1.82, 2.24) is 9.97 Å². The minimum atomic E-state index is -1.80. The predicted molar refractivity (Wildman–Crippen MR) is 160 cm³/mol. The number of halogens is 3. The number of aromatic amines is 2. The molecule has 0 bridgehead atoms. The Bertz CT molecular complexity index is 1740. The molecular formula is C29H27Cl3N4O5. The first-order valence-corrected chi connectivity index (χ1v) is 14.4. The number of amides is 2. The first-order chi connectivity index (χ1) is 19.4. The van der Waals surface area contributed by atoms with Crippen molar-refractivity contribution in [3.05, 3.63) is 58.9 Å². The molecule has 4 heterocycles. The number of hydrogen-bond acceptors (Lipinski definition) is 5. The number of esters is 1. The average molecular weight is 618 g/mol. The molecule has 0 atom stereocenters. The van der Waals surface area contributed by atoms with E-state index in [0.29, 0.717) is 49.6 Å². The van der Waals surface area contributed by atoms with Gasteiger partial charge in [-0.1, -0.05) is 34.8 Å². The maximum atomic E-state index is 13.7. The van der Waals surface area contributed by atoms with Crippen LogP contribution in [0, 0.1) is 0 Å². The highest BCUT2D eigenvalue weighted by molar-refractivity contribution is 6.68. The van der Waals surface area contributed by atoms with Crippen LogP contribution in [0.3, 0.4) is 0 Å². The standard InChI is InChI=1S/C29H27Cl3N4O5/c1-4-40-26(38)22-14-18-15-9-11-35(23(15)7-5-20(18)34-22)25(37)21-13-17-16-10-12-36(24(16)8-6-19(17)33-21)27(39)41-28(2,3)29(30,31)32/h5-8,13-14,33-34H,4,9-12H2,1-3H3. The van der Waals surface area contributed by atoms with Crippen molar-refractivity contribution in [2.75, 3.05) is 29.5 Å². The van der Waals surface area contributed by atoms with Gasteiger partial charge in [-0.05, 0) is 81.1 Å². The summed E-state index contributed by atoms with van der Waals surface area (Å²) in [7, 11) is 0. The van der Waals surface area contributed by atoms with Gasteiger partial charge in [-0.3, -0.25) is 9.69 Å². The molecule has 6 rings (SSSR count). The highest BCUT2D eigenvalue weighted by Gasteiger charge is 2.45. The number of anilines is 2. The summed E-state index contributed by atoms with van der Waals surface area (Å²) in [5.41, 5.74) is 4.56. The summed E-state index contributed by atoms with van der Waals surface area (Å²) in [5.74, 6) is -0.567. The van der Waals surface area contributed by atoms with Crippen LogP contribution in [0.15, 0.2) is 36.4 Å². The predicted octanol–water partition coefficient (Wildman–Crippen LogP) is 6.68. The largest absolute Gasteiger partial charge is 0.461 e. The minimum Gasteiger partial charge on any atom is -0.461 e. The molecule has 0 aliphatic carbocycles. The SMILES string of the molecule is CCOC(=O)c1cc2c3c(ccc2[nH]1)N(C(=O)c1cc2c4c(ccc2[nH]1)N(C(=O)OC(C)(C)C(Cl)(Cl)Cl)CC4)CC3. The summed E-state index contributed by atoms with van der Waals surface area (Å²) >= 11 is 18.0. The van der Waals surface area contributed by atoms with E-state index in [1.165, 1.54) is 4.90 Å². The Morgan fingerprint density at radius 2 is 1.39 bits per heavy atom. The summed E-state index contributed by atoms with van der Waals surface area (Å²) in [5, 5.41) is 1.77. The zero-order valence-electron chi connectivity index (χ0n) is 22.6. The first-order valence-electron chi connectivity index (χ1n) is 13.2. The molecule has 0 radical (unpaired) electrons. The highest BCUT2D eigenvalue weighted by atomic mass is 35.6. The summed E-state index contributed by atoms with van der Waals surface area (Å²) < 4.78 is 8.88. The number of carbonyl (C=O) groups excluding carboxylic acids is 3. The maximum absolute atomic E-state index is 13.7. The number of nitrogens with one attached hydrogen (secondary N) is 2. The van der Waals surface area contributed by atoms with Crippen LogP contribution >= 0.6 is 34.8 Å². The van der Waals surface area contributed by atoms with Crippen molar-refractivity contribution >= 4 is 86.0 Å². The molecule has 0 unspecified atom stereocenters. The fourth-order valence-electron chi connectivity index (χ4n) is 5.54. The number of hydrogen-bond donors (Lipinski definition) is 2. The topological polar surface area (TPSA) is 108 Å². The smallest absolute Gasteiger partial charge is 0.414 e. The minimum absolute atomic E-state index is 0.159. The van der Waals surface area contributed by atoms with Crippen LogP contribution in [0.5, 0.6) is 0 Å². The fourth-order valence-corrected chi connectivity index (χ4v) is 5.65. The normalized spacial score (nSPS) is 15.0. The van der Waals surface area contributed by atoms with Gasteiger partial charge >= 0.3 is 12.1 Å². The Kier molecular flexibility index (Phi) is 6.67. The Hall–Kier alpha value is -3.40. The van der Waals surface area contributed by atoms with E-state index in [4.69, 9.17) is 44.3 Å². The number of H-pyrrole nitrogens is 2. The van der Waals surface area contributed by atoms with Crippen molar-refractivity contribution in [1.29, 1.82) is 0 Å². The molecule has 2 aliphatic rings. The second-order valence-corrected chi connectivity index (χ2v) is 12.9. The number of carbonyl (C=O) groups is 3. The van der Waals surface area contributed by atoms with E-state index in [1.54, 1.807) is 31.7 Å². The van der Waals surface area contributed by atoms with E-state index in [-0.39, 0.29) is 5.91 Å². The van der Waals surface area contributed by atoms with Crippen LogP contribution in [0.1, 0.15) is 52.9 Å². The van der Waals surface area contributed by atoms with Crippen molar-refractivity contribution in [2.45, 2.75) is 43.0 Å². The van der Waals surface area contributed by atoms with E-state index in [9.17, 15) is 14.4 Å². The van der Waals surface area contributed by atoms with Gasteiger partial charge in [0.25, 0.3) is 5.91 Å². The summed E-state index contributed by atoms with van der Waals surface area (Å²) in [6, 6.07) is 11.1. The zero-order valence-corrected chi connectivity index (χ0v) is 24.8. The molecule has 0 spiro atoms. The number of fused-ring (bicyclic) bond motifs is 6. The van der Waals surface area contributed by atoms with E-state index >= 15 is 0 Å². The number of nitrogens with zero attached hydrogens (tertiary/aromatic N) is 2. The monoisotopic (exact) mass is 616 g/mol. The Balaban J connectivity index is 1.27. The molecule has 4 aromatic rings. The molecule has 9 nitrogen and oxygen atoms in total. The van der Waals surface area contributed by atoms with E-state index in [0.717, 1.165) is 38.6 Å². The second-order valence-electron chi connectivity index (χ2n) is 10.6. The Labute approximate surface area is 250 Å². The molecule has 0 saturated heterocycles. The summed E-state index contributed by atoms with van der Waals surface area (Å²) in [6.45, 7) is 6.05. The number of ether oxygens (including phenoxy) is 2. The van der Waals surface area contributed by atoms with Crippen molar-refractivity contribution < 1.29 is 23.9 Å². The summed E-state index contributed by atoms with van der Waals surface area (Å²) in [6.07, 6.45) is 0.639. The Morgan fingerprint density at radius 1 is 0.854 bits per heavy atom. The van der Waals surface area contributed by atoms with Gasteiger partial charge in [0.1, 0.15) is 11.4 Å². The molecule has 12 heteroatoms. The van der Waals surface area contributed by atoms with Crippen LogP contribution in [0.25, 0.3) is 21.8 Å². The van der Waals surface area contributed by atoms with Gasteiger partial charge in [0.2, 0.25) is 3.79 Å². The molecule has 0 fully saturated rings. The number of aromatic nitrogens is 2. The second kappa shape index (κ2) is 9.86. The van der Waals surface area contributed by atoms with Crippen LogP contribution in [-0.2, 0) is 22.3 Å². The molecule has 214 valence electrons. The molecule has 41 heavy (non-hydrogen) atoms. The van der Waals surface area contributed by atoms with Gasteiger partial charge in [0.15, 0.2) is 5.60 Å². The van der Waals surface area contributed by atoms with Crippen molar-refractivity contribution in [3.63, 3.8) is 0 Å². The highest BCUT2D eigenvalue weighted by Crippen LogP contribution is 2.42. The lowest BCUT2D eigenvalue weighted by atomic mass is 10.1. The third kappa shape index (κ3) is 4.60. The molecule has 0 saturated carbocycles. The molecular weight excluding hydrogens is 591 g/mol. The molecule has 2 aliphatic heterocycles. The molecule has 2 N–H and O–H groups in total. The van der Waals surface area contributed by atoms with Crippen molar-refractivity contribution in [3.8, 4) is 0 Å². The van der Waals surface area contributed by atoms with E-state index < -0.39 is 21.5 Å². The van der Waals surface area contributed by atoms with Crippen LogP contribution in [-0.4, -0.2) is 57.0 Å². The van der Waals surface area contributed by atoms with Crippen molar-refractivity contribution in [2.24, 2.45) is 0 Å². The zero-order chi connectivity index (χ0) is 29.3. The van der Waals surface area contributed by atoms with Crippen LogP contribution < -0.4 is 9.80 Å². The maximum Gasteiger partial charge on any atom is 0.414 e. The Morgan fingerprint density at radius 3 is 1.98 bits per heavy atom. The van der Waals surface area contributed by atoms with Gasteiger partial charge in [0, 0.05) is 40.6 Å². The van der Waals surface area contributed by atoms with E-state index in [1.807, 2.05) is 30.3 Å². The quantitative estimate of drug-likeness (QED) is 0.196. The third-order valence-corrected chi connectivity index (χ3v) is 9.11. The molecule has 2 amide bonds. The van der Waals surface area contributed by atoms with Gasteiger partial charge in [0.05, 0.1) is 12.3 Å². The lowest BCUT2D eigenvalue weighted by Gasteiger charge is -2.33. The number of benzene rings is 2. The molecule has 2 aromatic heterocycles. The van der Waals surface area contributed by atoms with Gasteiger partial charge in [-0.15, -0.1) is 0 Å². The average Bonchev–Trinajstić information content (AvgIpc) is 3.69.